The molecule has 0 radical (unpaired) electrons. The predicted molar refractivity (Wildman–Crippen MR) is 100 cm³/mol. The highest BCUT2D eigenvalue weighted by molar-refractivity contribution is 5.85. The van der Waals surface area contributed by atoms with Crippen molar-refractivity contribution in [2.75, 3.05) is 10.6 Å². The summed E-state index contributed by atoms with van der Waals surface area (Å²) in [6.07, 6.45) is 7.65. The maximum Gasteiger partial charge on any atom is 0.328 e. The molecule has 0 spiro atoms. The monoisotopic (exact) mass is 354 g/mol. The summed E-state index contributed by atoms with van der Waals surface area (Å²) >= 11 is 0. The summed E-state index contributed by atoms with van der Waals surface area (Å²) in [6, 6.07) is 9.47. The zero-order valence-corrected chi connectivity index (χ0v) is 14.3. The molecule has 136 valence electrons. The van der Waals surface area contributed by atoms with Gasteiger partial charge >= 0.3 is 5.97 Å². The number of rotatable bonds is 6. The molecule has 26 heavy (non-hydrogen) atoms. The molecule has 2 aromatic rings. The number of hydrogen-bond acceptors (Lipinski definition) is 6. The molecule has 1 aromatic carbocycles. The Morgan fingerprint density at radius 3 is 2.54 bits per heavy atom. The summed E-state index contributed by atoms with van der Waals surface area (Å²) in [4.78, 5) is 19.2. The van der Waals surface area contributed by atoms with E-state index in [0.29, 0.717) is 12.0 Å². The number of nitrogens with one attached hydrogen (secondary N) is 2. The first-order valence-electron chi connectivity index (χ1n) is 8.64. The van der Waals surface area contributed by atoms with E-state index in [1.165, 1.54) is 6.08 Å². The van der Waals surface area contributed by atoms with Crippen LogP contribution in [0.5, 0.6) is 0 Å². The number of aromatic nitrogens is 2. The van der Waals surface area contributed by atoms with Crippen molar-refractivity contribution < 1.29 is 15.0 Å². The molecule has 1 saturated carbocycles. The van der Waals surface area contributed by atoms with E-state index in [9.17, 15) is 9.90 Å². The van der Waals surface area contributed by atoms with Gasteiger partial charge in [0.1, 0.15) is 5.82 Å². The Morgan fingerprint density at radius 2 is 1.85 bits per heavy atom. The van der Waals surface area contributed by atoms with Gasteiger partial charge in [0, 0.05) is 24.0 Å². The summed E-state index contributed by atoms with van der Waals surface area (Å²) in [7, 11) is 0. The van der Waals surface area contributed by atoms with Gasteiger partial charge in [-0.3, -0.25) is 0 Å². The van der Waals surface area contributed by atoms with E-state index in [-0.39, 0.29) is 6.10 Å². The molecule has 1 aliphatic carbocycles. The van der Waals surface area contributed by atoms with Crippen LogP contribution in [0.2, 0.25) is 0 Å². The van der Waals surface area contributed by atoms with Gasteiger partial charge in [0.05, 0.1) is 6.10 Å². The highest BCUT2D eigenvalue weighted by atomic mass is 16.4. The molecule has 0 saturated heterocycles. The van der Waals surface area contributed by atoms with E-state index in [1.807, 2.05) is 30.3 Å². The molecule has 0 amide bonds. The lowest BCUT2D eigenvalue weighted by molar-refractivity contribution is -0.131. The molecular weight excluding hydrogens is 332 g/mol. The van der Waals surface area contributed by atoms with Gasteiger partial charge in [0.2, 0.25) is 5.95 Å². The van der Waals surface area contributed by atoms with Gasteiger partial charge < -0.3 is 20.8 Å². The molecule has 1 aliphatic rings. The molecule has 0 atom stereocenters. The first-order chi connectivity index (χ1) is 12.6. The minimum absolute atomic E-state index is 0.177. The third kappa shape index (κ3) is 5.29. The molecular formula is C19H22N4O3. The lowest BCUT2D eigenvalue weighted by atomic mass is 9.93. The maximum absolute atomic E-state index is 10.5. The van der Waals surface area contributed by atoms with Gasteiger partial charge in [0.15, 0.2) is 0 Å². The zero-order valence-electron chi connectivity index (χ0n) is 14.3. The number of aliphatic carboxylic acids is 1. The number of benzene rings is 1. The second kappa shape index (κ2) is 8.44. The summed E-state index contributed by atoms with van der Waals surface area (Å²) in [6.45, 7) is 0. The normalized spacial score (nSPS) is 20.0. The average Bonchev–Trinajstić information content (AvgIpc) is 2.63. The molecule has 3 rings (SSSR count). The summed E-state index contributed by atoms with van der Waals surface area (Å²) in [5, 5.41) is 24.8. The lowest BCUT2D eigenvalue weighted by Crippen LogP contribution is -2.28. The van der Waals surface area contributed by atoms with Crippen molar-refractivity contribution >= 4 is 29.5 Å². The molecule has 7 heteroatoms. The molecule has 4 N–H and O–H groups in total. The van der Waals surface area contributed by atoms with E-state index in [2.05, 4.69) is 20.6 Å². The van der Waals surface area contributed by atoms with Gasteiger partial charge in [-0.25, -0.2) is 9.78 Å². The van der Waals surface area contributed by atoms with Crippen molar-refractivity contribution in [3.05, 3.63) is 48.2 Å². The summed E-state index contributed by atoms with van der Waals surface area (Å²) in [5.41, 5.74) is 1.61. The Morgan fingerprint density at radius 1 is 1.12 bits per heavy atom. The van der Waals surface area contributed by atoms with Crippen molar-refractivity contribution in [3.8, 4) is 0 Å². The van der Waals surface area contributed by atoms with Gasteiger partial charge in [-0.05, 0) is 55.5 Å². The van der Waals surface area contributed by atoms with Crippen LogP contribution in [0, 0.1) is 0 Å². The number of hydrogen-bond donors (Lipinski definition) is 4. The van der Waals surface area contributed by atoms with E-state index < -0.39 is 5.97 Å². The van der Waals surface area contributed by atoms with Gasteiger partial charge in [0.25, 0.3) is 0 Å². The van der Waals surface area contributed by atoms with Crippen molar-refractivity contribution in [2.45, 2.75) is 37.8 Å². The number of anilines is 3. The van der Waals surface area contributed by atoms with E-state index >= 15 is 0 Å². The highest BCUT2D eigenvalue weighted by Gasteiger charge is 2.19. The fraction of sp³-hybridized carbons (Fsp3) is 0.316. The van der Waals surface area contributed by atoms with Crippen molar-refractivity contribution in [3.63, 3.8) is 0 Å². The first-order valence-corrected chi connectivity index (χ1v) is 8.64. The lowest BCUT2D eigenvalue weighted by Gasteiger charge is -2.26. The van der Waals surface area contributed by atoms with E-state index in [1.54, 1.807) is 6.20 Å². The summed E-state index contributed by atoms with van der Waals surface area (Å²) in [5.74, 6) is 0.266. The molecule has 1 heterocycles. The Hall–Kier alpha value is -2.93. The predicted octanol–water partition coefficient (Wildman–Crippen LogP) is 3.03. The van der Waals surface area contributed by atoms with Crippen LogP contribution in [0.15, 0.2) is 42.6 Å². The van der Waals surface area contributed by atoms with Crippen molar-refractivity contribution in [1.29, 1.82) is 0 Å². The number of carbonyl (C=O) groups is 1. The molecule has 0 bridgehead atoms. The molecule has 1 aromatic heterocycles. The third-order valence-corrected chi connectivity index (χ3v) is 4.29. The zero-order chi connectivity index (χ0) is 18.4. The van der Waals surface area contributed by atoms with E-state index in [0.717, 1.165) is 48.8 Å². The van der Waals surface area contributed by atoms with Crippen LogP contribution < -0.4 is 10.6 Å². The van der Waals surface area contributed by atoms with Gasteiger partial charge in [-0.15, -0.1) is 0 Å². The summed E-state index contributed by atoms with van der Waals surface area (Å²) < 4.78 is 0. The third-order valence-electron chi connectivity index (χ3n) is 4.29. The smallest absolute Gasteiger partial charge is 0.328 e. The quantitative estimate of drug-likeness (QED) is 0.591. The second-order valence-electron chi connectivity index (χ2n) is 6.33. The topological polar surface area (TPSA) is 107 Å². The first kappa shape index (κ1) is 17.9. The molecule has 0 unspecified atom stereocenters. The second-order valence-corrected chi connectivity index (χ2v) is 6.33. The van der Waals surface area contributed by atoms with Gasteiger partial charge in [-0.2, -0.15) is 4.98 Å². The highest BCUT2D eigenvalue weighted by Crippen LogP contribution is 2.22. The molecule has 1 fully saturated rings. The largest absolute Gasteiger partial charge is 0.478 e. The van der Waals surface area contributed by atoms with Crippen LogP contribution in [0.3, 0.4) is 0 Å². The maximum atomic E-state index is 10.5. The van der Waals surface area contributed by atoms with E-state index in [4.69, 9.17) is 5.11 Å². The number of carboxylic acids is 1. The Bertz CT molecular complexity index is 769. The van der Waals surface area contributed by atoms with Crippen LogP contribution >= 0.6 is 0 Å². The number of carboxylic acid groups (broad SMARTS) is 1. The Kier molecular flexibility index (Phi) is 5.80. The average molecular weight is 354 g/mol. The number of aliphatic hydroxyl groups excluding tert-OH is 1. The Labute approximate surface area is 151 Å². The number of aliphatic hydroxyl groups is 1. The Balaban J connectivity index is 1.60. The van der Waals surface area contributed by atoms with Gasteiger partial charge in [-0.1, -0.05) is 12.1 Å². The van der Waals surface area contributed by atoms with Crippen molar-refractivity contribution in [2.24, 2.45) is 0 Å². The molecule has 0 aliphatic heterocycles. The van der Waals surface area contributed by atoms with Crippen LogP contribution in [-0.4, -0.2) is 38.3 Å². The van der Waals surface area contributed by atoms with Crippen LogP contribution in [0.25, 0.3) is 6.08 Å². The number of nitrogens with zero attached hydrogens (tertiary/aromatic N) is 2. The minimum Gasteiger partial charge on any atom is -0.478 e. The minimum atomic E-state index is -0.975. The fourth-order valence-corrected chi connectivity index (χ4v) is 2.90. The standard InChI is InChI=1S/C19H22N4O3/c24-16-8-6-14(7-9-16)21-17-11-12-20-19(23-17)22-15-4-1-13(2-5-15)3-10-18(25)26/h1-5,10-12,14,16,24H,6-9H2,(H,25,26)(H2,20,21,22,23)/t14-,16-. The van der Waals surface area contributed by atoms with Crippen LogP contribution in [0.1, 0.15) is 31.2 Å². The molecule has 7 nitrogen and oxygen atoms in total. The van der Waals surface area contributed by atoms with Crippen LogP contribution in [-0.2, 0) is 4.79 Å². The fourth-order valence-electron chi connectivity index (χ4n) is 2.90. The van der Waals surface area contributed by atoms with Crippen molar-refractivity contribution in [1.82, 2.24) is 9.97 Å². The SMILES string of the molecule is O=C(O)C=Cc1ccc(Nc2nccc(N[C@H]3CC[C@H](O)CC3)n2)cc1. The van der Waals surface area contributed by atoms with Crippen LogP contribution in [0.4, 0.5) is 17.5 Å².